The number of aliphatic hydroxyl groups excluding tert-OH is 1. The summed E-state index contributed by atoms with van der Waals surface area (Å²) in [5.74, 6) is 0.567. The Morgan fingerprint density at radius 2 is 2.11 bits per heavy atom. The van der Waals surface area contributed by atoms with Crippen LogP contribution in [0, 0.1) is 0 Å². The van der Waals surface area contributed by atoms with Gasteiger partial charge in [-0.3, -0.25) is 10.1 Å². The number of nitrogens with zero attached hydrogens (tertiary/aromatic N) is 2. The number of carbonyl (C=O) groups excluding carboxylic acids is 1. The Bertz CT molecular complexity index is 931. The fraction of sp³-hybridized carbons (Fsp3) is 0.211. The monoisotopic (exact) mass is 382 g/mol. The molecule has 0 fully saturated rings. The number of hydrogen-bond donors (Lipinski definition) is 3. The molecule has 0 aliphatic carbocycles. The van der Waals surface area contributed by atoms with Crippen molar-refractivity contribution in [3.05, 3.63) is 70.3 Å². The van der Waals surface area contributed by atoms with Crippen LogP contribution in [0.15, 0.2) is 54.9 Å². The van der Waals surface area contributed by atoms with E-state index in [-0.39, 0.29) is 12.5 Å². The molecule has 3 heterocycles. The van der Waals surface area contributed by atoms with Crippen molar-refractivity contribution >= 4 is 23.1 Å². The minimum Gasteiger partial charge on any atom is -0.488 e. The first-order valence-electron chi connectivity index (χ1n) is 8.50. The highest BCUT2D eigenvalue weighted by atomic mass is 32.1. The van der Waals surface area contributed by atoms with Gasteiger partial charge in [0.15, 0.2) is 17.8 Å². The molecule has 0 saturated carbocycles. The second-order valence-electron chi connectivity index (χ2n) is 6.10. The van der Waals surface area contributed by atoms with Crippen LogP contribution >= 0.6 is 11.3 Å². The summed E-state index contributed by atoms with van der Waals surface area (Å²) >= 11 is 1.41. The van der Waals surface area contributed by atoms with Gasteiger partial charge < -0.3 is 15.2 Å². The number of nitrogens with one attached hydrogen (secondary N) is 2. The van der Waals surface area contributed by atoms with E-state index in [0.717, 1.165) is 11.3 Å². The summed E-state index contributed by atoms with van der Waals surface area (Å²) < 4.78 is 5.62. The number of hydrogen-bond acceptors (Lipinski definition) is 7. The van der Waals surface area contributed by atoms with Crippen molar-refractivity contribution in [3.63, 3.8) is 0 Å². The van der Waals surface area contributed by atoms with Gasteiger partial charge in [-0.15, -0.1) is 11.3 Å². The first kappa shape index (κ1) is 17.6. The van der Waals surface area contributed by atoms with E-state index >= 15 is 0 Å². The lowest BCUT2D eigenvalue weighted by Crippen LogP contribution is -2.45. The van der Waals surface area contributed by atoms with Crippen LogP contribution in [0.25, 0.3) is 0 Å². The Hall–Kier alpha value is -2.81. The molecule has 2 atom stereocenters. The number of pyridine rings is 1. The summed E-state index contributed by atoms with van der Waals surface area (Å²) in [5, 5.41) is 16.5. The topological polar surface area (TPSA) is 96.4 Å². The molecule has 3 aromatic rings. The van der Waals surface area contributed by atoms with E-state index in [1.165, 1.54) is 16.9 Å². The SMILES string of the molecule is O=C1Nc2ncccc2OC[C@@H]1NC(O)c1ncc(Cc2ccccc2)s1. The smallest absolute Gasteiger partial charge is 0.246 e. The molecule has 0 spiro atoms. The van der Waals surface area contributed by atoms with E-state index in [9.17, 15) is 9.90 Å². The summed E-state index contributed by atoms with van der Waals surface area (Å²) in [7, 11) is 0. The molecule has 1 unspecified atom stereocenters. The average Bonchev–Trinajstić information content (AvgIpc) is 3.09. The first-order valence-corrected chi connectivity index (χ1v) is 9.32. The summed E-state index contributed by atoms with van der Waals surface area (Å²) in [6, 6.07) is 12.8. The van der Waals surface area contributed by atoms with E-state index < -0.39 is 12.3 Å². The number of rotatable bonds is 5. The molecule has 0 bridgehead atoms. The van der Waals surface area contributed by atoms with Crippen molar-refractivity contribution in [2.75, 3.05) is 11.9 Å². The van der Waals surface area contributed by atoms with E-state index in [1.807, 2.05) is 30.3 Å². The molecule has 2 aromatic heterocycles. The van der Waals surface area contributed by atoms with E-state index in [4.69, 9.17) is 4.74 Å². The highest BCUT2D eigenvalue weighted by molar-refractivity contribution is 7.11. The van der Waals surface area contributed by atoms with E-state index in [1.54, 1.807) is 24.5 Å². The minimum absolute atomic E-state index is 0.0871. The molecular weight excluding hydrogens is 364 g/mol. The molecular formula is C19H18N4O3S. The molecule has 3 N–H and O–H groups in total. The molecule has 138 valence electrons. The van der Waals surface area contributed by atoms with Crippen molar-refractivity contribution in [3.8, 4) is 5.75 Å². The molecule has 1 aromatic carbocycles. The van der Waals surface area contributed by atoms with Crippen LogP contribution in [0.1, 0.15) is 21.7 Å². The predicted octanol–water partition coefficient (Wildman–Crippen LogP) is 2.11. The van der Waals surface area contributed by atoms with Gasteiger partial charge in [-0.05, 0) is 17.7 Å². The van der Waals surface area contributed by atoms with Crippen LogP contribution in [0.2, 0.25) is 0 Å². The molecule has 1 aliphatic heterocycles. The minimum atomic E-state index is -1.06. The summed E-state index contributed by atoms with van der Waals surface area (Å²) in [4.78, 5) is 21.8. The van der Waals surface area contributed by atoms with E-state index in [0.29, 0.717) is 16.6 Å². The summed E-state index contributed by atoms with van der Waals surface area (Å²) in [5.41, 5.74) is 1.18. The quantitative estimate of drug-likeness (QED) is 0.585. The summed E-state index contributed by atoms with van der Waals surface area (Å²) in [6.07, 6.45) is 3.02. The molecule has 4 rings (SSSR count). The zero-order valence-corrected chi connectivity index (χ0v) is 15.1. The number of fused-ring (bicyclic) bond motifs is 1. The first-order chi connectivity index (χ1) is 13.2. The Morgan fingerprint density at radius 1 is 1.26 bits per heavy atom. The number of amides is 1. The molecule has 1 amide bonds. The lowest BCUT2D eigenvalue weighted by molar-refractivity contribution is -0.119. The Balaban J connectivity index is 1.41. The highest BCUT2D eigenvalue weighted by Gasteiger charge is 2.28. The Kier molecular flexibility index (Phi) is 5.10. The van der Waals surface area contributed by atoms with Gasteiger partial charge in [0.05, 0.1) is 0 Å². The number of thiazole rings is 1. The second kappa shape index (κ2) is 7.83. The van der Waals surface area contributed by atoms with Crippen LogP contribution < -0.4 is 15.4 Å². The zero-order chi connectivity index (χ0) is 18.6. The molecule has 0 radical (unpaired) electrons. The summed E-state index contributed by atoms with van der Waals surface area (Å²) in [6.45, 7) is 0.0871. The van der Waals surface area contributed by atoms with Gasteiger partial charge in [0.25, 0.3) is 0 Å². The van der Waals surface area contributed by atoms with Crippen LogP contribution in [0.5, 0.6) is 5.75 Å². The van der Waals surface area contributed by atoms with Crippen molar-refractivity contribution in [2.24, 2.45) is 0 Å². The van der Waals surface area contributed by atoms with Crippen LogP contribution in [-0.4, -0.2) is 33.6 Å². The fourth-order valence-corrected chi connectivity index (χ4v) is 3.66. The third kappa shape index (κ3) is 4.13. The van der Waals surface area contributed by atoms with Crippen molar-refractivity contribution in [1.82, 2.24) is 15.3 Å². The molecule has 8 heteroatoms. The van der Waals surface area contributed by atoms with Crippen LogP contribution in [0.3, 0.4) is 0 Å². The predicted molar refractivity (Wildman–Crippen MR) is 102 cm³/mol. The van der Waals surface area contributed by atoms with Gasteiger partial charge >= 0.3 is 0 Å². The standard InChI is InChI=1S/C19H18N4O3S/c24-17-14(11-26-15-7-4-8-20-16(15)23-17)22-18(25)19-21-10-13(27-19)9-12-5-2-1-3-6-12/h1-8,10,14,18,22,25H,9,11H2,(H,20,23,24)/t14-,18?/m0/s1. The Morgan fingerprint density at radius 3 is 2.96 bits per heavy atom. The number of benzene rings is 1. The maximum atomic E-state index is 12.4. The van der Waals surface area contributed by atoms with Crippen molar-refractivity contribution in [2.45, 2.75) is 18.7 Å². The number of carbonyl (C=O) groups is 1. The average molecular weight is 382 g/mol. The number of anilines is 1. The number of ether oxygens (including phenoxy) is 1. The highest BCUT2D eigenvalue weighted by Crippen LogP contribution is 2.25. The fourth-order valence-electron chi connectivity index (χ4n) is 2.77. The molecule has 1 aliphatic rings. The lowest BCUT2D eigenvalue weighted by Gasteiger charge is -2.17. The van der Waals surface area contributed by atoms with Crippen LogP contribution in [0.4, 0.5) is 5.82 Å². The largest absolute Gasteiger partial charge is 0.488 e. The number of aliphatic hydroxyl groups is 1. The maximum absolute atomic E-state index is 12.4. The third-order valence-corrected chi connectivity index (χ3v) is 5.17. The normalized spacial score (nSPS) is 17.4. The van der Waals surface area contributed by atoms with Gasteiger partial charge in [0.2, 0.25) is 5.91 Å². The molecule has 0 saturated heterocycles. The maximum Gasteiger partial charge on any atom is 0.246 e. The zero-order valence-electron chi connectivity index (χ0n) is 14.3. The molecule has 7 nitrogen and oxygen atoms in total. The van der Waals surface area contributed by atoms with E-state index in [2.05, 4.69) is 20.6 Å². The van der Waals surface area contributed by atoms with Crippen LogP contribution in [-0.2, 0) is 11.2 Å². The van der Waals surface area contributed by atoms with Gasteiger partial charge in [-0.25, -0.2) is 9.97 Å². The second-order valence-corrected chi connectivity index (χ2v) is 7.25. The molecule has 27 heavy (non-hydrogen) atoms. The lowest BCUT2D eigenvalue weighted by atomic mass is 10.1. The number of aromatic nitrogens is 2. The van der Waals surface area contributed by atoms with Gasteiger partial charge in [0.1, 0.15) is 17.7 Å². The van der Waals surface area contributed by atoms with Gasteiger partial charge in [-0.2, -0.15) is 0 Å². The van der Waals surface area contributed by atoms with Crippen molar-refractivity contribution in [1.29, 1.82) is 0 Å². The third-order valence-electron chi connectivity index (χ3n) is 4.12. The van der Waals surface area contributed by atoms with Gasteiger partial charge in [0, 0.05) is 23.7 Å². The van der Waals surface area contributed by atoms with Crippen molar-refractivity contribution < 1.29 is 14.6 Å². The van der Waals surface area contributed by atoms with Gasteiger partial charge in [-0.1, -0.05) is 30.3 Å². The Labute approximate surface area is 160 Å².